The van der Waals surface area contributed by atoms with Crippen LogP contribution < -0.4 is 19.1 Å². The number of carbonyl (C=O) groups is 1. The zero-order valence-corrected chi connectivity index (χ0v) is 19.3. The highest BCUT2D eigenvalue weighted by atomic mass is 35.5. The van der Waals surface area contributed by atoms with Gasteiger partial charge in [0.15, 0.2) is 0 Å². The number of hydrogen-bond donors (Lipinski definition) is 1. The maximum atomic E-state index is 12.7. The Hall–Kier alpha value is -2.45. The average Bonchev–Trinajstić information content (AvgIpc) is 2.67. The number of ether oxygens (including phenoxy) is 2. The second-order valence-electron chi connectivity index (χ2n) is 6.89. The molecule has 2 aromatic rings. The van der Waals surface area contributed by atoms with Crippen LogP contribution in [0.1, 0.15) is 18.1 Å². The van der Waals surface area contributed by atoms with Gasteiger partial charge in [-0.25, -0.2) is 8.42 Å². The van der Waals surface area contributed by atoms with E-state index in [2.05, 4.69) is 5.32 Å². The molecule has 0 heterocycles. The van der Waals surface area contributed by atoms with Crippen LogP contribution in [0.3, 0.4) is 0 Å². The number of nitrogens with one attached hydrogen (secondary N) is 1. The molecular formula is C21H27ClN2O5S. The maximum Gasteiger partial charge on any atom is 0.243 e. The Bertz CT molecular complexity index is 1010. The molecule has 1 atom stereocenters. The fourth-order valence-corrected chi connectivity index (χ4v) is 4.32. The molecule has 0 aliphatic heterocycles. The molecule has 0 spiro atoms. The number of rotatable bonds is 9. The molecular weight excluding hydrogens is 428 g/mol. The van der Waals surface area contributed by atoms with Crippen molar-refractivity contribution < 1.29 is 22.7 Å². The third-order valence-electron chi connectivity index (χ3n) is 4.68. The van der Waals surface area contributed by atoms with Gasteiger partial charge in [-0.15, -0.1) is 0 Å². The van der Waals surface area contributed by atoms with Crippen molar-refractivity contribution in [3.05, 3.63) is 52.5 Å². The first-order chi connectivity index (χ1) is 14.1. The fraction of sp³-hybridized carbons (Fsp3) is 0.381. The fourth-order valence-electron chi connectivity index (χ4n) is 2.98. The van der Waals surface area contributed by atoms with Crippen molar-refractivity contribution in [3.8, 4) is 11.5 Å². The number of hydrogen-bond acceptors (Lipinski definition) is 5. The molecule has 1 N–H and O–H groups in total. The quantitative estimate of drug-likeness (QED) is 0.587. The molecule has 0 fully saturated rings. The summed E-state index contributed by atoms with van der Waals surface area (Å²) in [7, 11) is -2.37. The van der Waals surface area contributed by atoms with E-state index in [0.29, 0.717) is 10.8 Å². The number of benzene rings is 2. The second kappa shape index (κ2) is 10.0. The summed E-state index contributed by atoms with van der Waals surface area (Å²) < 4.78 is 36.9. The van der Waals surface area contributed by atoms with Gasteiger partial charge in [0.1, 0.15) is 24.1 Å². The third kappa shape index (κ3) is 5.79. The van der Waals surface area contributed by atoms with Crippen LogP contribution in [-0.4, -0.2) is 46.9 Å². The molecule has 0 bridgehead atoms. The van der Waals surface area contributed by atoms with Gasteiger partial charge in [0, 0.05) is 5.02 Å². The molecule has 9 heteroatoms. The highest BCUT2D eigenvalue weighted by Crippen LogP contribution is 2.34. The predicted octanol–water partition coefficient (Wildman–Crippen LogP) is 3.32. The van der Waals surface area contributed by atoms with E-state index in [9.17, 15) is 13.2 Å². The van der Waals surface area contributed by atoms with E-state index in [0.717, 1.165) is 27.4 Å². The molecule has 0 saturated heterocycles. The van der Waals surface area contributed by atoms with E-state index in [4.69, 9.17) is 21.1 Å². The van der Waals surface area contributed by atoms with Crippen LogP contribution in [0.15, 0.2) is 36.4 Å². The molecule has 0 saturated carbocycles. The molecule has 0 aliphatic rings. The van der Waals surface area contributed by atoms with Crippen LogP contribution in [0.4, 0.5) is 5.69 Å². The lowest BCUT2D eigenvalue weighted by atomic mass is 10.1. The summed E-state index contributed by atoms with van der Waals surface area (Å²) in [5.74, 6) is 0.577. The number of sulfonamides is 1. The van der Waals surface area contributed by atoms with Crippen LogP contribution in [0.25, 0.3) is 0 Å². The van der Waals surface area contributed by atoms with Crippen molar-refractivity contribution in [2.75, 3.05) is 30.8 Å². The first-order valence-electron chi connectivity index (χ1n) is 9.36. The lowest BCUT2D eigenvalue weighted by Crippen LogP contribution is -2.48. The number of methoxy groups -OCH3 is 1. The SMILES string of the molecule is COc1ccc(Cl)cc1N([C@@H](C)C(=O)NCCOc1cccc(C)c1C)S(C)(=O)=O. The van der Waals surface area contributed by atoms with Crippen molar-refractivity contribution in [2.45, 2.75) is 26.8 Å². The van der Waals surface area contributed by atoms with Crippen molar-refractivity contribution >= 4 is 33.2 Å². The van der Waals surface area contributed by atoms with Gasteiger partial charge in [0.05, 0.1) is 25.6 Å². The minimum Gasteiger partial charge on any atom is -0.495 e. The molecule has 1 amide bonds. The van der Waals surface area contributed by atoms with Crippen LogP contribution in [0.2, 0.25) is 5.02 Å². The molecule has 2 rings (SSSR count). The van der Waals surface area contributed by atoms with E-state index in [1.54, 1.807) is 12.1 Å². The molecule has 0 aliphatic carbocycles. The van der Waals surface area contributed by atoms with Gasteiger partial charge in [-0.2, -0.15) is 0 Å². The van der Waals surface area contributed by atoms with Crippen molar-refractivity contribution in [3.63, 3.8) is 0 Å². The van der Waals surface area contributed by atoms with Gasteiger partial charge in [-0.05, 0) is 56.2 Å². The first-order valence-corrected chi connectivity index (χ1v) is 11.6. The van der Waals surface area contributed by atoms with E-state index in [-0.39, 0.29) is 18.8 Å². The Kier molecular flexibility index (Phi) is 7.97. The lowest BCUT2D eigenvalue weighted by molar-refractivity contribution is -0.121. The summed E-state index contributed by atoms with van der Waals surface area (Å²) in [6.07, 6.45) is 1.03. The number of nitrogens with zero attached hydrogens (tertiary/aromatic N) is 1. The van der Waals surface area contributed by atoms with Crippen molar-refractivity contribution in [2.24, 2.45) is 0 Å². The predicted molar refractivity (Wildman–Crippen MR) is 119 cm³/mol. The molecule has 7 nitrogen and oxygen atoms in total. The van der Waals surface area contributed by atoms with E-state index in [1.807, 2.05) is 32.0 Å². The van der Waals surface area contributed by atoms with Gasteiger partial charge in [-0.1, -0.05) is 23.7 Å². The number of halogens is 1. The number of aryl methyl sites for hydroxylation is 1. The molecule has 2 aromatic carbocycles. The summed E-state index contributed by atoms with van der Waals surface area (Å²) in [5, 5.41) is 3.05. The van der Waals surface area contributed by atoms with Crippen LogP contribution >= 0.6 is 11.6 Å². The molecule has 30 heavy (non-hydrogen) atoms. The minimum absolute atomic E-state index is 0.196. The Morgan fingerprint density at radius 2 is 1.90 bits per heavy atom. The van der Waals surface area contributed by atoms with Crippen LogP contribution in [-0.2, 0) is 14.8 Å². The molecule has 0 radical (unpaired) electrons. The Labute approximate surface area is 183 Å². The second-order valence-corrected chi connectivity index (χ2v) is 9.18. The number of anilines is 1. The van der Waals surface area contributed by atoms with Crippen molar-refractivity contribution in [1.82, 2.24) is 5.32 Å². The summed E-state index contributed by atoms with van der Waals surface area (Å²) in [6.45, 7) is 5.94. The molecule has 0 aromatic heterocycles. The standard InChI is InChI=1S/C21H27ClN2O5S/c1-14-7-6-8-19(15(14)2)29-12-11-23-21(25)16(3)24(30(5,26)27)18-13-17(22)9-10-20(18)28-4/h6-10,13,16H,11-12H2,1-5H3,(H,23,25)/t16-/m0/s1. The molecule has 0 unspecified atom stereocenters. The van der Waals surface area contributed by atoms with Crippen molar-refractivity contribution in [1.29, 1.82) is 0 Å². The zero-order valence-electron chi connectivity index (χ0n) is 17.7. The summed E-state index contributed by atoms with van der Waals surface area (Å²) >= 11 is 6.04. The van der Waals surface area contributed by atoms with Crippen LogP contribution in [0, 0.1) is 13.8 Å². The van der Waals surface area contributed by atoms with E-state index < -0.39 is 22.0 Å². The zero-order chi connectivity index (χ0) is 22.5. The number of amides is 1. The lowest BCUT2D eigenvalue weighted by Gasteiger charge is -2.29. The van der Waals surface area contributed by atoms with E-state index in [1.165, 1.54) is 20.1 Å². The highest BCUT2D eigenvalue weighted by Gasteiger charge is 2.31. The summed E-state index contributed by atoms with van der Waals surface area (Å²) in [4.78, 5) is 12.7. The van der Waals surface area contributed by atoms with Crippen LogP contribution in [0.5, 0.6) is 11.5 Å². The topological polar surface area (TPSA) is 84.9 Å². The van der Waals surface area contributed by atoms with Gasteiger partial charge < -0.3 is 14.8 Å². The Balaban J connectivity index is 2.10. The smallest absolute Gasteiger partial charge is 0.243 e. The summed E-state index contributed by atoms with van der Waals surface area (Å²) in [6, 6.07) is 9.33. The number of carbonyl (C=O) groups excluding carboxylic acids is 1. The first kappa shape index (κ1) is 23.8. The average molecular weight is 455 g/mol. The van der Waals surface area contributed by atoms with Gasteiger partial charge in [0.25, 0.3) is 0 Å². The third-order valence-corrected chi connectivity index (χ3v) is 6.14. The van der Waals surface area contributed by atoms with Gasteiger partial charge in [0.2, 0.25) is 15.9 Å². The van der Waals surface area contributed by atoms with Gasteiger partial charge in [-0.3, -0.25) is 9.10 Å². The largest absolute Gasteiger partial charge is 0.495 e. The normalized spacial score (nSPS) is 12.2. The monoisotopic (exact) mass is 454 g/mol. The Morgan fingerprint density at radius 1 is 1.20 bits per heavy atom. The minimum atomic E-state index is -3.79. The Morgan fingerprint density at radius 3 is 2.53 bits per heavy atom. The maximum absolute atomic E-state index is 12.7. The highest BCUT2D eigenvalue weighted by molar-refractivity contribution is 7.92. The molecule has 164 valence electrons. The van der Waals surface area contributed by atoms with E-state index >= 15 is 0 Å². The van der Waals surface area contributed by atoms with Gasteiger partial charge >= 0.3 is 0 Å². The summed E-state index contributed by atoms with van der Waals surface area (Å²) in [5.41, 5.74) is 2.35.